The maximum atomic E-state index is 12.2. The molecule has 1 aromatic carbocycles. The van der Waals surface area contributed by atoms with Crippen LogP contribution in [0.4, 0.5) is 5.13 Å². The normalized spacial score (nSPS) is 11.7. The van der Waals surface area contributed by atoms with Gasteiger partial charge in [-0.15, -0.1) is 11.3 Å². The van der Waals surface area contributed by atoms with Gasteiger partial charge in [0, 0.05) is 36.8 Å². The molecule has 0 saturated carbocycles. The van der Waals surface area contributed by atoms with Gasteiger partial charge in [0.2, 0.25) is 15.9 Å². The molecule has 1 amide bonds. The van der Waals surface area contributed by atoms with Crippen molar-refractivity contribution in [1.29, 1.82) is 0 Å². The van der Waals surface area contributed by atoms with Crippen LogP contribution in [0.5, 0.6) is 0 Å². The van der Waals surface area contributed by atoms with Crippen molar-refractivity contribution in [2.45, 2.75) is 19.9 Å². The highest BCUT2D eigenvalue weighted by Crippen LogP contribution is 2.21. The van der Waals surface area contributed by atoms with Crippen LogP contribution in [-0.4, -0.2) is 31.6 Å². The van der Waals surface area contributed by atoms with Crippen LogP contribution < -0.4 is 15.8 Å². The highest BCUT2D eigenvalue weighted by molar-refractivity contribution is 7.93. The zero-order valence-corrected chi connectivity index (χ0v) is 17.1. The van der Waals surface area contributed by atoms with Crippen molar-refractivity contribution in [1.82, 2.24) is 10.3 Å². The quantitative estimate of drug-likeness (QED) is 0.567. The molecule has 10 heteroatoms. The summed E-state index contributed by atoms with van der Waals surface area (Å²) in [5.74, 6) is -0.319. The fraction of sp³-hybridized carbons (Fsp3) is 0.294. The molecular weight excluding hydrogens is 408 g/mol. The number of anilines is 1. The number of hydrogen-bond acceptors (Lipinski definition) is 6. The second kappa shape index (κ2) is 9.84. The van der Waals surface area contributed by atoms with Gasteiger partial charge in [-0.1, -0.05) is 35.9 Å². The minimum atomic E-state index is -3.58. The van der Waals surface area contributed by atoms with Crippen molar-refractivity contribution < 1.29 is 13.2 Å². The Labute approximate surface area is 167 Å². The largest absolute Gasteiger partial charge is 0.356 e. The molecule has 0 bridgehead atoms. The Morgan fingerprint density at radius 1 is 1.41 bits per heavy atom. The van der Waals surface area contributed by atoms with Crippen molar-refractivity contribution in [3.63, 3.8) is 0 Å². The molecule has 2 aromatic rings. The Kier molecular flexibility index (Phi) is 7.78. The molecule has 7 nitrogen and oxygen atoms in total. The van der Waals surface area contributed by atoms with Gasteiger partial charge >= 0.3 is 0 Å². The van der Waals surface area contributed by atoms with Gasteiger partial charge in [0.05, 0.1) is 11.4 Å². The number of thiazole rings is 1. The molecule has 0 atom stereocenters. The van der Waals surface area contributed by atoms with Crippen molar-refractivity contribution in [3.8, 4) is 0 Å². The number of nitrogens with zero attached hydrogens (tertiary/aromatic N) is 1. The number of carbonyl (C=O) groups excluding carboxylic acids is 1. The highest BCUT2D eigenvalue weighted by Gasteiger charge is 2.12. The summed E-state index contributed by atoms with van der Waals surface area (Å²) in [5, 5.41) is 5.28. The third kappa shape index (κ3) is 6.94. The first-order valence-electron chi connectivity index (χ1n) is 8.14. The van der Waals surface area contributed by atoms with Gasteiger partial charge in [0.1, 0.15) is 0 Å². The van der Waals surface area contributed by atoms with Crippen LogP contribution in [0.3, 0.4) is 0 Å². The van der Waals surface area contributed by atoms with Gasteiger partial charge in [-0.05, 0) is 17.2 Å². The van der Waals surface area contributed by atoms with E-state index in [1.54, 1.807) is 29.7 Å². The summed E-state index contributed by atoms with van der Waals surface area (Å²) in [6, 6.07) is 5.35. The van der Waals surface area contributed by atoms with E-state index in [0.29, 0.717) is 28.8 Å². The van der Waals surface area contributed by atoms with Crippen LogP contribution in [-0.2, 0) is 27.8 Å². The smallest absolute Gasteiger partial charge is 0.238 e. The van der Waals surface area contributed by atoms with Gasteiger partial charge < -0.3 is 11.1 Å². The molecule has 146 valence electrons. The monoisotopic (exact) mass is 428 g/mol. The van der Waals surface area contributed by atoms with E-state index in [2.05, 4.69) is 15.0 Å². The molecule has 2 rings (SSSR count). The van der Waals surface area contributed by atoms with E-state index < -0.39 is 10.0 Å². The SMILES string of the molecule is CC(=O)NCCc1csc(NS(=O)(=O)CC=Cc2cccc(Cl)c2CN)n1. The first kappa shape index (κ1) is 21.4. The number of carbonyl (C=O) groups is 1. The lowest BCUT2D eigenvalue weighted by Gasteiger charge is -2.06. The first-order valence-corrected chi connectivity index (χ1v) is 11.0. The molecule has 0 unspecified atom stereocenters. The Bertz CT molecular complexity index is 926. The second-order valence-corrected chi connectivity index (χ2v) is 8.71. The van der Waals surface area contributed by atoms with Crippen LogP contribution in [0, 0.1) is 0 Å². The van der Waals surface area contributed by atoms with E-state index in [9.17, 15) is 13.2 Å². The average Bonchev–Trinajstić information content (AvgIpc) is 3.01. The number of sulfonamides is 1. The minimum Gasteiger partial charge on any atom is -0.356 e. The summed E-state index contributed by atoms with van der Waals surface area (Å²) in [5.41, 5.74) is 7.96. The van der Waals surface area contributed by atoms with E-state index in [4.69, 9.17) is 17.3 Å². The fourth-order valence-corrected chi connectivity index (χ4v) is 4.42. The maximum Gasteiger partial charge on any atom is 0.238 e. The molecule has 0 radical (unpaired) electrons. The first-order chi connectivity index (χ1) is 12.8. The van der Waals surface area contributed by atoms with E-state index in [0.717, 1.165) is 11.1 Å². The molecular formula is C17H21ClN4O3S2. The fourth-order valence-electron chi connectivity index (χ4n) is 2.26. The number of nitrogens with one attached hydrogen (secondary N) is 2. The van der Waals surface area contributed by atoms with Crippen LogP contribution in [0.15, 0.2) is 29.7 Å². The summed E-state index contributed by atoms with van der Waals surface area (Å²) in [6.45, 7) is 2.16. The average molecular weight is 429 g/mol. The van der Waals surface area contributed by atoms with E-state index >= 15 is 0 Å². The van der Waals surface area contributed by atoms with Crippen LogP contribution in [0.25, 0.3) is 6.08 Å². The third-order valence-electron chi connectivity index (χ3n) is 3.52. The number of hydrogen-bond donors (Lipinski definition) is 3. The lowest BCUT2D eigenvalue weighted by Crippen LogP contribution is -2.22. The summed E-state index contributed by atoms with van der Waals surface area (Å²) in [4.78, 5) is 15.1. The van der Waals surface area contributed by atoms with Crippen LogP contribution >= 0.6 is 22.9 Å². The summed E-state index contributed by atoms with van der Waals surface area (Å²) < 4.78 is 26.9. The lowest BCUT2D eigenvalue weighted by molar-refractivity contribution is -0.118. The number of amides is 1. The van der Waals surface area contributed by atoms with E-state index in [-0.39, 0.29) is 18.2 Å². The van der Waals surface area contributed by atoms with Gasteiger partial charge in [-0.3, -0.25) is 9.52 Å². The van der Waals surface area contributed by atoms with E-state index in [1.807, 2.05) is 6.07 Å². The number of halogens is 1. The van der Waals surface area contributed by atoms with Gasteiger partial charge in [-0.2, -0.15) is 0 Å². The van der Waals surface area contributed by atoms with Crippen molar-refractivity contribution in [3.05, 3.63) is 51.5 Å². The predicted octanol–water partition coefficient (Wildman–Crippen LogP) is 2.39. The molecule has 0 spiro atoms. The zero-order valence-electron chi connectivity index (χ0n) is 14.7. The molecule has 1 aromatic heterocycles. The number of aromatic nitrogens is 1. The number of benzene rings is 1. The summed E-state index contributed by atoms with van der Waals surface area (Å²) >= 11 is 7.29. The van der Waals surface area contributed by atoms with Gasteiger partial charge in [0.25, 0.3) is 0 Å². The topological polar surface area (TPSA) is 114 Å². The molecule has 4 N–H and O–H groups in total. The standard InChI is InChI=1S/C17H21ClN4O3S2/c1-12(23)20-8-7-14-11-26-17(21-14)22-27(24,25)9-3-5-13-4-2-6-16(18)15(13)10-19/h2-6,11H,7-10,19H2,1H3,(H,20,23)(H,21,22). The van der Waals surface area contributed by atoms with Crippen molar-refractivity contribution in [2.24, 2.45) is 5.73 Å². The maximum absolute atomic E-state index is 12.2. The summed E-state index contributed by atoms with van der Waals surface area (Å²) in [6.07, 6.45) is 3.76. The third-order valence-corrected chi connectivity index (χ3v) is 5.95. The zero-order chi connectivity index (χ0) is 19.9. The molecule has 0 aliphatic rings. The van der Waals surface area contributed by atoms with Crippen LogP contribution in [0.2, 0.25) is 5.02 Å². The molecule has 27 heavy (non-hydrogen) atoms. The predicted molar refractivity (Wildman–Crippen MR) is 110 cm³/mol. The molecule has 0 saturated heterocycles. The van der Waals surface area contributed by atoms with Gasteiger partial charge in [0.15, 0.2) is 5.13 Å². The number of nitrogens with two attached hydrogens (primary N) is 1. The van der Waals surface area contributed by atoms with Crippen molar-refractivity contribution in [2.75, 3.05) is 17.0 Å². The van der Waals surface area contributed by atoms with Crippen LogP contribution in [0.1, 0.15) is 23.7 Å². The lowest BCUT2D eigenvalue weighted by atomic mass is 10.1. The Morgan fingerprint density at radius 3 is 2.89 bits per heavy atom. The Morgan fingerprint density at radius 2 is 2.19 bits per heavy atom. The van der Waals surface area contributed by atoms with E-state index in [1.165, 1.54) is 18.3 Å². The minimum absolute atomic E-state index is 0.115. The molecule has 1 heterocycles. The Hall–Kier alpha value is -1.94. The molecule has 0 fully saturated rings. The summed E-state index contributed by atoms with van der Waals surface area (Å²) in [7, 11) is -3.58. The van der Waals surface area contributed by atoms with Crippen molar-refractivity contribution >= 4 is 50.1 Å². The second-order valence-electron chi connectivity index (χ2n) is 5.67. The Balaban J connectivity index is 1.95. The molecule has 0 aliphatic carbocycles. The highest BCUT2D eigenvalue weighted by atomic mass is 35.5. The number of rotatable bonds is 9. The molecule has 0 aliphatic heterocycles. The van der Waals surface area contributed by atoms with Gasteiger partial charge in [-0.25, -0.2) is 13.4 Å².